The molecule has 0 saturated carbocycles. The third-order valence-corrected chi connectivity index (χ3v) is 8.86. The van der Waals surface area contributed by atoms with Crippen LogP contribution in [-0.4, -0.2) is 43.2 Å². The lowest BCUT2D eigenvalue weighted by Gasteiger charge is -2.40. The SMILES string of the molecule is O=C1CC(c2ccc(N3CCOCC3)cc2)(c2ccsc2)NC(=O)C1Sc1cc(Cl)ccc1Cl. The maximum absolute atomic E-state index is 13.4. The van der Waals surface area contributed by atoms with Crippen LogP contribution in [0.1, 0.15) is 17.5 Å². The molecule has 0 radical (unpaired) electrons. The number of nitrogens with one attached hydrogen (secondary N) is 1. The van der Waals surface area contributed by atoms with Crippen molar-refractivity contribution >= 4 is 63.7 Å². The summed E-state index contributed by atoms with van der Waals surface area (Å²) in [5, 5.41) is 7.22. The summed E-state index contributed by atoms with van der Waals surface area (Å²) < 4.78 is 5.45. The van der Waals surface area contributed by atoms with Gasteiger partial charge in [0.25, 0.3) is 0 Å². The van der Waals surface area contributed by atoms with Crippen molar-refractivity contribution in [3.63, 3.8) is 0 Å². The van der Waals surface area contributed by atoms with Gasteiger partial charge in [-0.2, -0.15) is 11.3 Å². The number of thiophene rings is 1. The van der Waals surface area contributed by atoms with Crippen LogP contribution in [0.25, 0.3) is 0 Å². The third-order valence-electron chi connectivity index (χ3n) is 6.19. The van der Waals surface area contributed by atoms with E-state index < -0.39 is 10.8 Å². The summed E-state index contributed by atoms with van der Waals surface area (Å²) in [6.45, 7) is 3.10. The number of rotatable bonds is 5. The van der Waals surface area contributed by atoms with E-state index in [1.54, 1.807) is 18.2 Å². The number of amides is 1. The van der Waals surface area contributed by atoms with Gasteiger partial charge in [-0.05, 0) is 58.3 Å². The van der Waals surface area contributed by atoms with Crippen molar-refractivity contribution in [1.82, 2.24) is 5.32 Å². The number of halogens is 2. The van der Waals surface area contributed by atoms with E-state index in [4.69, 9.17) is 27.9 Å². The Bertz CT molecular complexity index is 1180. The normalized spacial score (nSPS) is 23.1. The molecule has 0 spiro atoms. The van der Waals surface area contributed by atoms with Crippen LogP contribution in [0.4, 0.5) is 5.69 Å². The Kier molecular flexibility index (Phi) is 6.91. The number of hydrogen-bond donors (Lipinski definition) is 1. The number of thioether (sulfide) groups is 1. The molecule has 34 heavy (non-hydrogen) atoms. The maximum Gasteiger partial charge on any atom is 0.242 e. The molecule has 2 atom stereocenters. The molecule has 5 rings (SSSR count). The van der Waals surface area contributed by atoms with Gasteiger partial charge in [0, 0.05) is 35.1 Å². The van der Waals surface area contributed by atoms with E-state index in [2.05, 4.69) is 22.3 Å². The number of anilines is 1. The van der Waals surface area contributed by atoms with Crippen LogP contribution in [-0.2, 0) is 19.9 Å². The molecule has 2 fully saturated rings. The summed E-state index contributed by atoms with van der Waals surface area (Å²) in [6, 6.07) is 15.1. The Labute approximate surface area is 216 Å². The van der Waals surface area contributed by atoms with Crippen molar-refractivity contribution in [2.24, 2.45) is 0 Å². The summed E-state index contributed by atoms with van der Waals surface area (Å²) in [5.74, 6) is -0.478. The number of ketones is 1. The smallest absolute Gasteiger partial charge is 0.242 e. The van der Waals surface area contributed by atoms with Gasteiger partial charge in [-0.15, -0.1) is 11.8 Å². The van der Waals surface area contributed by atoms with Crippen molar-refractivity contribution in [2.75, 3.05) is 31.2 Å². The lowest BCUT2D eigenvalue weighted by molar-refractivity contribution is -0.132. The Morgan fingerprint density at radius 2 is 1.79 bits per heavy atom. The fourth-order valence-electron chi connectivity index (χ4n) is 4.43. The van der Waals surface area contributed by atoms with E-state index in [1.165, 1.54) is 11.3 Å². The number of Topliss-reactive ketones (excluding diaryl/α,β-unsaturated/α-hetero) is 1. The maximum atomic E-state index is 13.4. The van der Waals surface area contributed by atoms with E-state index in [0.717, 1.165) is 41.7 Å². The minimum Gasteiger partial charge on any atom is -0.378 e. The molecule has 1 aromatic heterocycles. The number of benzene rings is 2. The number of ether oxygens (including phenoxy) is 1. The molecule has 3 heterocycles. The first-order valence-corrected chi connectivity index (χ1v) is 13.5. The predicted molar refractivity (Wildman–Crippen MR) is 138 cm³/mol. The quantitative estimate of drug-likeness (QED) is 0.446. The first-order valence-electron chi connectivity index (χ1n) is 10.9. The summed E-state index contributed by atoms with van der Waals surface area (Å²) in [5.41, 5.74) is 1.98. The molecule has 1 amide bonds. The third kappa shape index (κ3) is 4.60. The van der Waals surface area contributed by atoms with E-state index in [-0.39, 0.29) is 18.1 Å². The molecule has 0 aliphatic carbocycles. The van der Waals surface area contributed by atoms with Crippen LogP contribution < -0.4 is 10.2 Å². The van der Waals surface area contributed by atoms with E-state index in [1.807, 2.05) is 29.0 Å². The Balaban J connectivity index is 1.45. The molecule has 5 nitrogen and oxygen atoms in total. The standard InChI is InChI=1S/C25H22Cl2N2O3S2/c26-18-3-6-20(27)22(13-18)34-23-21(30)14-25(28-24(23)31,17-7-12-33-15-17)16-1-4-19(5-2-16)29-8-10-32-11-9-29/h1-7,12-13,15,23H,8-11,14H2,(H,28,31). The highest BCUT2D eigenvalue weighted by atomic mass is 35.5. The molecule has 2 saturated heterocycles. The van der Waals surface area contributed by atoms with E-state index in [9.17, 15) is 9.59 Å². The van der Waals surface area contributed by atoms with Crippen molar-refractivity contribution < 1.29 is 14.3 Å². The minimum absolute atomic E-state index is 0.145. The van der Waals surface area contributed by atoms with Gasteiger partial charge in [0.15, 0.2) is 5.78 Å². The second-order valence-corrected chi connectivity index (χ2v) is 11.0. The molecule has 2 aliphatic rings. The second-order valence-electron chi connectivity index (χ2n) is 8.27. The molecule has 3 aromatic rings. The number of carbonyl (C=O) groups is 2. The molecule has 9 heteroatoms. The first kappa shape index (κ1) is 23.7. The van der Waals surface area contributed by atoms with Crippen molar-refractivity contribution in [3.8, 4) is 0 Å². The van der Waals surface area contributed by atoms with Crippen LogP contribution in [0.3, 0.4) is 0 Å². The Morgan fingerprint density at radius 3 is 2.47 bits per heavy atom. The molecule has 2 aliphatic heterocycles. The minimum atomic E-state index is -0.910. The number of nitrogens with zero attached hydrogens (tertiary/aromatic N) is 1. The first-order chi connectivity index (χ1) is 16.5. The molecule has 1 N–H and O–H groups in total. The van der Waals surface area contributed by atoms with Crippen molar-refractivity contribution in [2.45, 2.75) is 22.1 Å². The molecular formula is C25H22Cl2N2O3S2. The van der Waals surface area contributed by atoms with Gasteiger partial charge in [0.2, 0.25) is 5.91 Å². The van der Waals surface area contributed by atoms with Gasteiger partial charge < -0.3 is 15.0 Å². The van der Waals surface area contributed by atoms with Gasteiger partial charge in [-0.25, -0.2) is 0 Å². The van der Waals surface area contributed by atoms with Crippen LogP contribution in [0, 0.1) is 0 Å². The summed E-state index contributed by atoms with van der Waals surface area (Å²) in [6.07, 6.45) is 0.155. The average molecular weight is 534 g/mol. The lowest BCUT2D eigenvalue weighted by atomic mass is 9.77. The number of piperidine rings is 1. The van der Waals surface area contributed by atoms with Crippen LogP contribution in [0.5, 0.6) is 0 Å². The van der Waals surface area contributed by atoms with E-state index >= 15 is 0 Å². The van der Waals surface area contributed by atoms with Crippen LogP contribution in [0.2, 0.25) is 10.0 Å². The van der Waals surface area contributed by atoms with Crippen molar-refractivity contribution in [3.05, 3.63) is 80.5 Å². The topological polar surface area (TPSA) is 58.6 Å². The molecular weight excluding hydrogens is 511 g/mol. The fourth-order valence-corrected chi connectivity index (χ4v) is 6.66. The number of hydrogen-bond acceptors (Lipinski definition) is 6. The summed E-state index contributed by atoms with van der Waals surface area (Å²) >= 11 is 15.1. The van der Waals surface area contributed by atoms with Crippen LogP contribution >= 0.6 is 46.3 Å². The Hall–Kier alpha value is -2.03. The highest BCUT2D eigenvalue weighted by Gasteiger charge is 2.47. The van der Waals surface area contributed by atoms with Gasteiger partial charge in [-0.3, -0.25) is 9.59 Å². The van der Waals surface area contributed by atoms with Gasteiger partial charge >= 0.3 is 0 Å². The average Bonchev–Trinajstić information content (AvgIpc) is 3.40. The molecule has 176 valence electrons. The monoisotopic (exact) mass is 532 g/mol. The number of carbonyl (C=O) groups excluding carboxylic acids is 2. The zero-order valence-electron chi connectivity index (χ0n) is 18.1. The van der Waals surface area contributed by atoms with Gasteiger partial charge in [-0.1, -0.05) is 35.3 Å². The van der Waals surface area contributed by atoms with Gasteiger partial charge in [0.05, 0.1) is 23.8 Å². The molecule has 2 unspecified atom stereocenters. The largest absolute Gasteiger partial charge is 0.378 e. The lowest BCUT2D eigenvalue weighted by Crippen LogP contribution is -2.57. The van der Waals surface area contributed by atoms with Crippen molar-refractivity contribution in [1.29, 1.82) is 0 Å². The highest BCUT2D eigenvalue weighted by molar-refractivity contribution is 8.01. The summed E-state index contributed by atoms with van der Waals surface area (Å²) in [4.78, 5) is 29.7. The Morgan fingerprint density at radius 1 is 1.03 bits per heavy atom. The zero-order chi connectivity index (χ0) is 23.7. The van der Waals surface area contributed by atoms with E-state index in [0.29, 0.717) is 28.2 Å². The fraction of sp³-hybridized carbons (Fsp3) is 0.280. The van der Waals surface area contributed by atoms with Crippen LogP contribution in [0.15, 0.2) is 64.2 Å². The second kappa shape index (κ2) is 9.91. The van der Waals surface area contributed by atoms with Gasteiger partial charge in [0.1, 0.15) is 5.25 Å². The zero-order valence-corrected chi connectivity index (χ0v) is 21.3. The highest BCUT2D eigenvalue weighted by Crippen LogP contribution is 2.42. The summed E-state index contributed by atoms with van der Waals surface area (Å²) in [7, 11) is 0. The molecule has 0 bridgehead atoms. The molecule has 2 aromatic carbocycles. The number of morpholine rings is 1. The predicted octanol–water partition coefficient (Wildman–Crippen LogP) is 5.39.